The summed E-state index contributed by atoms with van der Waals surface area (Å²) in [5.74, 6) is 0.613. The molecule has 1 unspecified atom stereocenters. The Morgan fingerprint density at radius 2 is 1.96 bits per heavy atom. The highest BCUT2D eigenvalue weighted by atomic mass is 35.5. The van der Waals surface area contributed by atoms with Gasteiger partial charge in [-0.2, -0.15) is 0 Å². The van der Waals surface area contributed by atoms with E-state index in [1.54, 1.807) is 18.2 Å². The van der Waals surface area contributed by atoms with Gasteiger partial charge in [0.25, 0.3) is 0 Å². The number of rotatable bonds is 6. The van der Waals surface area contributed by atoms with Crippen LogP contribution < -0.4 is 4.74 Å². The van der Waals surface area contributed by atoms with Crippen LogP contribution in [0.25, 0.3) is 0 Å². The number of aliphatic hydroxyl groups is 1. The van der Waals surface area contributed by atoms with Crippen molar-refractivity contribution in [2.45, 2.75) is 38.8 Å². The van der Waals surface area contributed by atoms with Gasteiger partial charge in [0.15, 0.2) is 0 Å². The number of aliphatic hydroxyl groups excluding tert-OH is 1. The van der Waals surface area contributed by atoms with Crippen LogP contribution in [0.3, 0.4) is 0 Å². The predicted octanol–water partition coefficient (Wildman–Crippen LogP) is 4.29. The van der Waals surface area contributed by atoms with E-state index in [9.17, 15) is 5.11 Å². The maximum absolute atomic E-state index is 10.2. The SMILES string of the molecule is CC.OC(COc1ccc(Cl)c(Cl)c1)CN1CCC(n2ccnc2)CC1. The summed E-state index contributed by atoms with van der Waals surface area (Å²) in [5, 5.41) is 11.1. The summed E-state index contributed by atoms with van der Waals surface area (Å²) < 4.78 is 7.76. The summed E-state index contributed by atoms with van der Waals surface area (Å²) in [6.07, 6.45) is 7.30. The molecule has 7 heteroatoms. The Balaban J connectivity index is 0.00000117. The van der Waals surface area contributed by atoms with Crippen LogP contribution in [-0.4, -0.2) is 51.9 Å². The van der Waals surface area contributed by atoms with Gasteiger partial charge in [-0.3, -0.25) is 0 Å². The Labute approximate surface area is 165 Å². The van der Waals surface area contributed by atoms with Gasteiger partial charge in [-0.05, 0) is 25.0 Å². The van der Waals surface area contributed by atoms with Gasteiger partial charge in [0.2, 0.25) is 0 Å². The number of nitrogens with zero attached hydrogens (tertiary/aromatic N) is 3. The summed E-state index contributed by atoms with van der Waals surface area (Å²) in [6.45, 7) is 6.77. The lowest BCUT2D eigenvalue weighted by molar-refractivity contribution is 0.0559. The fourth-order valence-electron chi connectivity index (χ4n) is 3.00. The average molecular weight is 400 g/mol. The van der Waals surface area contributed by atoms with Gasteiger partial charge in [-0.1, -0.05) is 37.0 Å². The first kappa shape index (κ1) is 21.0. The zero-order chi connectivity index (χ0) is 18.9. The summed E-state index contributed by atoms with van der Waals surface area (Å²) in [7, 11) is 0. The Bertz CT molecular complexity index is 644. The standard InChI is InChI=1S/C17H21Cl2N3O2.C2H6/c18-16-2-1-15(9-17(16)19)24-11-14(23)10-21-6-3-13(4-7-21)22-8-5-20-12-22;1-2/h1-2,5,8-9,12-14,23H,3-4,6-7,10-11H2;1-2H3. The fourth-order valence-corrected chi connectivity index (χ4v) is 3.28. The molecule has 2 heterocycles. The van der Waals surface area contributed by atoms with Crippen LogP contribution in [0.5, 0.6) is 5.75 Å². The number of piperidine rings is 1. The van der Waals surface area contributed by atoms with E-state index in [4.69, 9.17) is 27.9 Å². The number of benzene rings is 1. The molecule has 1 aromatic carbocycles. The quantitative estimate of drug-likeness (QED) is 0.786. The number of halogens is 2. The molecular weight excluding hydrogens is 373 g/mol. The Kier molecular flexibility index (Phi) is 8.72. The Hall–Kier alpha value is -1.27. The van der Waals surface area contributed by atoms with Crippen molar-refractivity contribution in [1.82, 2.24) is 14.5 Å². The maximum atomic E-state index is 10.2. The molecule has 0 saturated carbocycles. The van der Waals surface area contributed by atoms with Gasteiger partial charge in [0, 0.05) is 44.1 Å². The smallest absolute Gasteiger partial charge is 0.121 e. The molecule has 26 heavy (non-hydrogen) atoms. The predicted molar refractivity (Wildman–Crippen MR) is 106 cm³/mol. The zero-order valence-electron chi connectivity index (χ0n) is 15.3. The summed E-state index contributed by atoms with van der Waals surface area (Å²) in [4.78, 5) is 6.38. The number of aromatic nitrogens is 2. The molecule has 1 aliphatic rings. The third kappa shape index (κ3) is 6.16. The fraction of sp³-hybridized carbons (Fsp3) is 0.526. The summed E-state index contributed by atoms with van der Waals surface area (Å²) in [5.41, 5.74) is 0. The van der Waals surface area contributed by atoms with Gasteiger partial charge >= 0.3 is 0 Å². The van der Waals surface area contributed by atoms with Crippen molar-refractivity contribution in [2.24, 2.45) is 0 Å². The van der Waals surface area contributed by atoms with E-state index in [0.29, 0.717) is 28.4 Å². The Morgan fingerprint density at radius 3 is 2.58 bits per heavy atom. The van der Waals surface area contributed by atoms with Crippen molar-refractivity contribution in [3.63, 3.8) is 0 Å². The molecule has 1 aliphatic heterocycles. The number of hydrogen-bond acceptors (Lipinski definition) is 4. The molecule has 0 spiro atoms. The molecule has 1 N–H and O–H groups in total. The van der Waals surface area contributed by atoms with Crippen molar-refractivity contribution >= 4 is 23.2 Å². The number of ether oxygens (including phenoxy) is 1. The molecule has 5 nitrogen and oxygen atoms in total. The largest absolute Gasteiger partial charge is 0.491 e. The second-order valence-electron chi connectivity index (χ2n) is 6.08. The van der Waals surface area contributed by atoms with Crippen LogP contribution in [0, 0.1) is 0 Å². The number of hydrogen-bond donors (Lipinski definition) is 1. The lowest BCUT2D eigenvalue weighted by Gasteiger charge is -2.33. The zero-order valence-corrected chi connectivity index (χ0v) is 16.8. The van der Waals surface area contributed by atoms with E-state index in [0.717, 1.165) is 25.9 Å². The maximum Gasteiger partial charge on any atom is 0.121 e. The van der Waals surface area contributed by atoms with Crippen LogP contribution in [0.2, 0.25) is 10.0 Å². The van der Waals surface area contributed by atoms with Crippen molar-refractivity contribution in [1.29, 1.82) is 0 Å². The first-order chi connectivity index (χ1) is 12.6. The van der Waals surface area contributed by atoms with Gasteiger partial charge < -0.3 is 19.3 Å². The first-order valence-corrected chi connectivity index (χ1v) is 9.83. The van der Waals surface area contributed by atoms with Crippen molar-refractivity contribution in [3.8, 4) is 5.75 Å². The van der Waals surface area contributed by atoms with Crippen molar-refractivity contribution in [2.75, 3.05) is 26.2 Å². The Morgan fingerprint density at radius 1 is 1.23 bits per heavy atom. The van der Waals surface area contributed by atoms with Crippen LogP contribution in [0.15, 0.2) is 36.9 Å². The van der Waals surface area contributed by atoms with Gasteiger partial charge in [0.05, 0.1) is 16.4 Å². The van der Waals surface area contributed by atoms with Crippen LogP contribution in [-0.2, 0) is 0 Å². The normalized spacial score (nSPS) is 16.7. The van der Waals surface area contributed by atoms with E-state index < -0.39 is 6.10 Å². The minimum atomic E-state index is -0.538. The molecule has 144 valence electrons. The topological polar surface area (TPSA) is 50.5 Å². The number of β-amino-alcohol motifs (C(OH)–C–C–N with tert-alkyl or cyclic N) is 1. The van der Waals surface area contributed by atoms with E-state index in [1.165, 1.54) is 0 Å². The molecular formula is C19H27Cl2N3O2. The molecule has 1 aromatic heterocycles. The van der Waals surface area contributed by atoms with Gasteiger partial charge in [-0.25, -0.2) is 4.98 Å². The third-order valence-electron chi connectivity index (χ3n) is 4.31. The van der Waals surface area contributed by atoms with E-state index in [-0.39, 0.29) is 6.61 Å². The van der Waals surface area contributed by atoms with Crippen molar-refractivity contribution in [3.05, 3.63) is 47.0 Å². The monoisotopic (exact) mass is 399 g/mol. The summed E-state index contributed by atoms with van der Waals surface area (Å²) in [6, 6.07) is 5.60. The van der Waals surface area contributed by atoms with Crippen LogP contribution in [0.1, 0.15) is 32.7 Å². The number of likely N-dealkylation sites (tertiary alicyclic amines) is 1. The van der Waals surface area contributed by atoms with Crippen LogP contribution >= 0.6 is 23.2 Å². The van der Waals surface area contributed by atoms with Crippen LogP contribution in [0.4, 0.5) is 0 Å². The first-order valence-electron chi connectivity index (χ1n) is 9.07. The van der Waals surface area contributed by atoms with Gasteiger partial charge in [-0.15, -0.1) is 0 Å². The summed E-state index contributed by atoms with van der Waals surface area (Å²) >= 11 is 11.8. The molecule has 0 aliphatic carbocycles. The minimum Gasteiger partial charge on any atom is -0.491 e. The molecule has 1 saturated heterocycles. The molecule has 0 bridgehead atoms. The molecule has 1 fully saturated rings. The lowest BCUT2D eigenvalue weighted by Crippen LogP contribution is -2.41. The minimum absolute atomic E-state index is 0.236. The molecule has 2 aromatic rings. The second-order valence-corrected chi connectivity index (χ2v) is 6.90. The van der Waals surface area contributed by atoms with E-state index >= 15 is 0 Å². The van der Waals surface area contributed by atoms with Gasteiger partial charge in [0.1, 0.15) is 18.5 Å². The van der Waals surface area contributed by atoms with E-state index in [2.05, 4.69) is 14.5 Å². The average Bonchev–Trinajstić information content (AvgIpc) is 3.20. The van der Waals surface area contributed by atoms with Crippen molar-refractivity contribution < 1.29 is 9.84 Å². The molecule has 0 amide bonds. The molecule has 3 rings (SSSR count). The number of imidazole rings is 1. The highest BCUT2D eigenvalue weighted by molar-refractivity contribution is 6.42. The second kappa shape index (κ2) is 10.8. The highest BCUT2D eigenvalue weighted by Crippen LogP contribution is 2.26. The third-order valence-corrected chi connectivity index (χ3v) is 5.05. The molecule has 0 radical (unpaired) electrons. The molecule has 1 atom stereocenters. The lowest BCUT2D eigenvalue weighted by atomic mass is 10.0. The highest BCUT2D eigenvalue weighted by Gasteiger charge is 2.22. The van der Waals surface area contributed by atoms with E-state index in [1.807, 2.05) is 32.6 Å².